The Balaban J connectivity index is 1.89. The SMILES string of the molecule is O=C(O)C[C@@H](CCc1ccccc1)NC(=O)Cc1ccccc1. The summed E-state index contributed by atoms with van der Waals surface area (Å²) in [6, 6.07) is 18.9. The van der Waals surface area contributed by atoms with Gasteiger partial charge in [-0.3, -0.25) is 9.59 Å². The van der Waals surface area contributed by atoms with E-state index in [2.05, 4.69) is 5.32 Å². The molecule has 4 nitrogen and oxygen atoms in total. The molecular weight excluding hydrogens is 290 g/mol. The lowest BCUT2D eigenvalue weighted by Gasteiger charge is -2.17. The van der Waals surface area contributed by atoms with Crippen molar-refractivity contribution in [3.8, 4) is 0 Å². The third-order valence-corrected chi connectivity index (χ3v) is 3.62. The molecule has 1 amide bonds. The Kier molecular flexibility index (Phi) is 6.36. The van der Waals surface area contributed by atoms with Gasteiger partial charge in [0.05, 0.1) is 12.8 Å². The fourth-order valence-electron chi connectivity index (χ4n) is 2.48. The van der Waals surface area contributed by atoms with Crippen LogP contribution in [0.1, 0.15) is 24.0 Å². The van der Waals surface area contributed by atoms with Crippen molar-refractivity contribution in [3.63, 3.8) is 0 Å². The summed E-state index contributed by atoms with van der Waals surface area (Å²) in [6.07, 6.45) is 1.55. The number of rotatable bonds is 8. The van der Waals surface area contributed by atoms with Crippen LogP contribution in [0, 0.1) is 0 Å². The Labute approximate surface area is 136 Å². The molecule has 0 aliphatic rings. The number of carbonyl (C=O) groups excluding carboxylic acids is 1. The van der Waals surface area contributed by atoms with Crippen LogP contribution in [0.2, 0.25) is 0 Å². The van der Waals surface area contributed by atoms with Crippen molar-refractivity contribution in [3.05, 3.63) is 71.8 Å². The van der Waals surface area contributed by atoms with E-state index in [1.807, 2.05) is 60.7 Å². The number of hydrogen-bond donors (Lipinski definition) is 2. The first-order chi connectivity index (χ1) is 11.1. The van der Waals surface area contributed by atoms with Gasteiger partial charge in [0, 0.05) is 6.04 Å². The zero-order chi connectivity index (χ0) is 16.5. The summed E-state index contributed by atoms with van der Waals surface area (Å²) in [5, 5.41) is 11.9. The Morgan fingerprint density at radius 1 is 0.913 bits per heavy atom. The summed E-state index contributed by atoms with van der Waals surface area (Å²) in [5.41, 5.74) is 2.06. The van der Waals surface area contributed by atoms with Crippen LogP contribution in [-0.4, -0.2) is 23.0 Å². The molecule has 23 heavy (non-hydrogen) atoms. The molecule has 1 atom stereocenters. The van der Waals surface area contributed by atoms with Crippen LogP contribution >= 0.6 is 0 Å². The van der Waals surface area contributed by atoms with Crippen LogP contribution < -0.4 is 5.32 Å². The quantitative estimate of drug-likeness (QED) is 0.788. The highest BCUT2D eigenvalue weighted by Crippen LogP contribution is 2.08. The fraction of sp³-hybridized carbons (Fsp3) is 0.263. The molecule has 0 saturated carbocycles. The fourth-order valence-corrected chi connectivity index (χ4v) is 2.48. The topological polar surface area (TPSA) is 66.4 Å². The van der Waals surface area contributed by atoms with E-state index < -0.39 is 5.97 Å². The van der Waals surface area contributed by atoms with Gasteiger partial charge in [0.15, 0.2) is 0 Å². The second-order valence-electron chi connectivity index (χ2n) is 5.55. The molecule has 0 aromatic heterocycles. The summed E-state index contributed by atoms with van der Waals surface area (Å²) in [4.78, 5) is 23.1. The number of carbonyl (C=O) groups is 2. The summed E-state index contributed by atoms with van der Waals surface area (Å²) in [6.45, 7) is 0. The molecule has 120 valence electrons. The molecule has 0 unspecified atom stereocenters. The number of benzene rings is 2. The number of aliphatic carboxylic acids is 1. The lowest BCUT2D eigenvalue weighted by Crippen LogP contribution is -2.37. The van der Waals surface area contributed by atoms with E-state index in [-0.39, 0.29) is 24.8 Å². The number of hydrogen-bond acceptors (Lipinski definition) is 2. The van der Waals surface area contributed by atoms with Gasteiger partial charge in [-0.1, -0.05) is 60.7 Å². The highest BCUT2D eigenvalue weighted by molar-refractivity contribution is 5.79. The van der Waals surface area contributed by atoms with Gasteiger partial charge in [0.2, 0.25) is 5.91 Å². The van der Waals surface area contributed by atoms with Crippen molar-refractivity contribution in [2.75, 3.05) is 0 Å². The number of amides is 1. The Morgan fingerprint density at radius 3 is 2.04 bits per heavy atom. The van der Waals surface area contributed by atoms with Crippen molar-refractivity contribution in [1.82, 2.24) is 5.32 Å². The summed E-state index contributed by atoms with van der Waals surface area (Å²) < 4.78 is 0. The minimum Gasteiger partial charge on any atom is -0.481 e. The number of carboxylic acids is 1. The Bertz CT molecular complexity index is 626. The second kappa shape index (κ2) is 8.73. The van der Waals surface area contributed by atoms with E-state index in [1.54, 1.807) is 0 Å². The number of aryl methyl sites for hydroxylation is 1. The van der Waals surface area contributed by atoms with Gasteiger partial charge in [0.25, 0.3) is 0 Å². The zero-order valence-corrected chi connectivity index (χ0v) is 12.9. The van der Waals surface area contributed by atoms with Crippen LogP contribution in [0.25, 0.3) is 0 Å². The average Bonchev–Trinajstić information content (AvgIpc) is 2.54. The lowest BCUT2D eigenvalue weighted by atomic mass is 10.0. The van der Waals surface area contributed by atoms with Crippen LogP contribution in [-0.2, 0) is 22.4 Å². The van der Waals surface area contributed by atoms with Crippen molar-refractivity contribution in [2.45, 2.75) is 31.7 Å². The molecule has 2 aromatic carbocycles. The summed E-state index contributed by atoms with van der Waals surface area (Å²) in [5.74, 6) is -1.04. The van der Waals surface area contributed by atoms with Crippen molar-refractivity contribution in [1.29, 1.82) is 0 Å². The van der Waals surface area contributed by atoms with Crippen LogP contribution in [0.3, 0.4) is 0 Å². The van der Waals surface area contributed by atoms with Gasteiger partial charge >= 0.3 is 5.97 Å². The van der Waals surface area contributed by atoms with Gasteiger partial charge in [-0.15, -0.1) is 0 Å². The average molecular weight is 311 g/mol. The molecule has 2 aromatic rings. The molecular formula is C19H21NO3. The van der Waals surface area contributed by atoms with Crippen LogP contribution in [0.4, 0.5) is 0 Å². The molecule has 0 spiro atoms. The van der Waals surface area contributed by atoms with Crippen molar-refractivity contribution in [2.24, 2.45) is 0 Å². The summed E-state index contributed by atoms with van der Waals surface area (Å²) >= 11 is 0. The monoisotopic (exact) mass is 311 g/mol. The minimum absolute atomic E-state index is 0.0621. The van der Waals surface area contributed by atoms with E-state index in [0.717, 1.165) is 17.5 Å². The maximum Gasteiger partial charge on any atom is 0.305 e. The smallest absolute Gasteiger partial charge is 0.305 e. The van der Waals surface area contributed by atoms with E-state index >= 15 is 0 Å². The van der Waals surface area contributed by atoms with Gasteiger partial charge in [-0.2, -0.15) is 0 Å². The van der Waals surface area contributed by atoms with Crippen molar-refractivity contribution < 1.29 is 14.7 Å². The number of carboxylic acid groups (broad SMARTS) is 1. The molecule has 0 aliphatic heterocycles. The molecule has 0 heterocycles. The molecule has 2 rings (SSSR count). The van der Waals surface area contributed by atoms with Gasteiger partial charge in [-0.25, -0.2) is 0 Å². The molecule has 2 N–H and O–H groups in total. The molecule has 4 heteroatoms. The molecule has 0 saturated heterocycles. The van der Waals surface area contributed by atoms with E-state index in [9.17, 15) is 9.59 Å². The molecule has 0 radical (unpaired) electrons. The second-order valence-corrected chi connectivity index (χ2v) is 5.55. The highest BCUT2D eigenvalue weighted by atomic mass is 16.4. The van der Waals surface area contributed by atoms with E-state index in [0.29, 0.717) is 6.42 Å². The minimum atomic E-state index is -0.900. The van der Waals surface area contributed by atoms with Crippen LogP contribution in [0.5, 0.6) is 0 Å². The maximum atomic E-state index is 12.1. The third-order valence-electron chi connectivity index (χ3n) is 3.62. The maximum absolute atomic E-state index is 12.1. The third kappa shape index (κ3) is 6.34. The molecule has 0 fully saturated rings. The lowest BCUT2D eigenvalue weighted by molar-refractivity contribution is -0.137. The predicted octanol–water partition coefficient (Wildman–Crippen LogP) is 2.82. The Morgan fingerprint density at radius 2 is 1.48 bits per heavy atom. The number of nitrogens with one attached hydrogen (secondary N) is 1. The zero-order valence-electron chi connectivity index (χ0n) is 12.9. The van der Waals surface area contributed by atoms with E-state index in [4.69, 9.17) is 5.11 Å². The van der Waals surface area contributed by atoms with Crippen LogP contribution in [0.15, 0.2) is 60.7 Å². The Hall–Kier alpha value is -2.62. The summed E-state index contributed by atoms with van der Waals surface area (Å²) in [7, 11) is 0. The van der Waals surface area contributed by atoms with Gasteiger partial charge in [-0.05, 0) is 24.0 Å². The normalized spacial score (nSPS) is 11.7. The van der Waals surface area contributed by atoms with Crippen molar-refractivity contribution >= 4 is 11.9 Å². The first-order valence-corrected chi connectivity index (χ1v) is 7.72. The first kappa shape index (κ1) is 16.7. The van der Waals surface area contributed by atoms with Gasteiger partial charge in [0.1, 0.15) is 0 Å². The van der Waals surface area contributed by atoms with E-state index in [1.165, 1.54) is 0 Å². The molecule has 0 bridgehead atoms. The molecule has 0 aliphatic carbocycles. The first-order valence-electron chi connectivity index (χ1n) is 7.72. The van der Waals surface area contributed by atoms with Gasteiger partial charge < -0.3 is 10.4 Å². The standard InChI is InChI=1S/C19H21NO3/c21-18(13-16-9-5-2-6-10-16)20-17(14-19(22)23)12-11-15-7-3-1-4-8-15/h1-10,17H,11-14H2,(H,20,21)(H,22,23)/t17-/m1/s1. The largest absolute Gasteiger partial charge is 0.481 e. The highest BCUT2D eigenvalue weighted by Gasteiger charge is 2.16. The predicted molar refractivity (Wildman–Crippen MR) is 89.1 cm³/mol.